The summed E-state index contributed by atoms with van der Waals surface area (Å²) in [5.74, 6) is 3.46. The molecule has 4 bridgehead atoms. The van der Waals surface area contributed by atoms with E-state index in [9.17, 15) is 0 Å². The maximum Gasteiger partial charge on any atom is 0.171 e. The zero-order valence-corrected chi connectivity index (χ0v) is 17.9. The molecule has 4 aliphatic carbocycles. The SMILES string of the molecule is S=C(Nc1cccc(NC(=S)N[C@H]2C[C@H]3CC[C@H]2C3)c1)N[C@H]1C[C@H]2CC[C@H]1C2. The van der Waals surface area contributed by atoms with Crippen molar-refractivity contribution in [1.82, 2.24) is 10.6 Å². The second-order valence-electron chi connectivity index (χ2n) is 9.34. The van der Waals surface area contributed by atoms with Gasteiger partial charge in [0.25, 0.3) is 0 Å². The molecule has 0 radical (unpaired) electrons. The Bertz CT molecular complexity index is 707. The molecule has 0 aliphatic heterocycles. The van der Waals surface area contributed by atoms with Crippen LogP contribution in [0.1, 0.15) is 51.4 Å². The highest BCUT2D eigenvalue weighted by Crippen LogP contribution is 2.45. The van der Waals surface area contributed by atoms with Crippen molar-refractivity contribution in [2.75, 3.05) is 10.6 Å². The normalized spacial score (nSPS) is 35.0. The standard InChI is InChI=1S/C22H30N4S2/c27-21(25-19-10-13-4-6-15(19)8-13)23-17-2-1-3-18(12-17)24-22(28)26-20-11-14-5-7-16(20)9-14/h1-3,12-16,19-20H,4-11H2,(H2,23,25,27)(H2,24,26,28)/t13-,14-,15-,16-,19-,20-/m0/s1. The number of rotatable bonds is 4. The number of anilines is 2. The summed E-state index contributed by atoms with van der Waals surface area (Å²) in [5.41, 5.74) is 1.99. The van der Waals surface area contributed by atoms with Crippen molar-refractivity contribution in [3.63, 3.8) is 0 Å². The van der Waals surface area contributed by atoms with Crippen LogP contribution in [0.15, 0.2) is 24.3 Å². The van der Waals surface area contributed by atoms with Gasteiger partial charge >= 0.3 is 0 Å². The van der Waals surface area contributed by atoms with E-state index in [4.69, 9.17) is 24.4 Å². The molecule has 4 N–H and O–H groups in total. The Balaban J connectivity index is 1.12. The molecule has 0 amide bonds. The Morgan fingerprint density at radius 1 is 0.714 bits per heavy atom. The lowest BCUT2D eigenvalue weighted by Gasteiger charge is -2.25. The van der Waals surface area contributed by atoms with Gasteiger partial charge in [-0.15, -0.1) is 0 Å². The van der Waals surface area contributed by atoms with E-state index in [1.165, 1.54) is 51.4 Å². The molecule has 4 aliphatic rings. The highest BCUT2D eigenvalue weighted by atomic mass is 32.1. The van der Waals surface area contributed by atoms with Gasteiger partial charge in [0.1, 0.15) is 0 Å². The van der Waals surface area contributed by atoms with Gasteiger partial charge in [-0.25, -0.2) is 0 Å². The molecule has 6 heteroatoms. The fraction of sp³-hybridized carbons (Fsp3) is 0.636. The summed E-state index contributed by atoms with van der Waals surface area (Å²) < 4.78 is 0. The molecule has 0 heterocycles. The zero-order valence-electron chi connectivity index (χ0n) is 16.2. The summed E-state index contributed by atoms with van der Waals surface area (Å²) in [6.45, 7) is 0. The fourth-order valence-corrected chi connectivity index (χ4v) is 6.73. The first-order chi connectivity index (χ1) is 13.6. The highest BCUT2D eigenvalue weighted by Gasteiger charge is 2.40. The van der Waals surface area contributed by atoms with Crippen LogP contribution in [0.5, 0.6) is 0 Å². The predicted molar refractivity (Wildman–Crippen MR) is 124 cm³/mol. The molecular formula is C22H30N4S2. The molecule has 0 unspecified atom stereocenters. The minimum absolute atomic E-state index is 0.554. The van der Waals surface area contributed by atoms with E-state index in [2.05, 4.69) is 27.3 Å². The van der Waals surface area contributed by atoms with Gasteiger partial charge < -0.3 is 21.3 Å². The molecule has 5 rings (SSSR count). The van der Waals surface area contributed by atoms with Crippen LogP contribution in [0.3, 0.4) is 0 Å². The molecule has 1 aromatic rings. The average Bonchev–Trinajstić information content (AvgIpc) is 3.43. The van der Waals surface area contributed by atoms with Crippen molar-refractivity contribution in [2.24, 2.45) is 23.7 Å². The van der Waals surface area contributed by atoms with E-state index in [1.54, 1.807) is 0 Å². The first-order valence-corrected chi connectivity index (χ1v) is 11.7. The van der Waals surface area contributed by atoms with Crippen LogP contribution in [0.4, 0.5) is 11.4 Å². The minimum Gasteiger partial charge on any atom is -0.359 e. The number of hydrogen-bond acceptors (Lipinski definition) is 2. The molecule has 4 nitrogen and oxygen atoms in total. The summed E-state index contributed by atoms with van der Waals surface area (Å²) >= 11 is 11.1. The predicted octanol–water partition coefficient (Wildman–Crippen LogP) is 4.64. The van der Waals surface area contributed by atoms with E-state index in [0.717, 1.165) is 45.3 Å². The molecule has 150 valence electrons. The number of nitrogens with one attached hydrogen (secondary N) is 4. The maximum absolute atomic E-state index is 5.56. The van der Waals surface area contributed by atoms with Gasteiger partial charge in [0, 0.05) is 23.5 Å². The average molecular weight is 415 g/mol. The first kappa shape index (κ1) is 18.6. The van der Waals surface area contributed by atoms with Gasteiger partial charge in [-0.1, -0.05) is 18.9 Å². The number of thiocarbonyl (C=S) groups is 2. The summed E-state index contributed by atoms with van der Waals surface area (Å²) in [5, 5.41) is 15.3. The minimum atomic E-state index is 0.554. The quantitative estimate of drug-likeness (QED) is 0.539. The van der Waals surface area contributed by atoms with Crippen LogP contribution in [0.2, 0.25) is 0 Å². The smallest absolute Gasteiger partial charge is 0.171 e. The molecule has 0 spiro atoms. The summed E-state index contributed by atoms with van der Waals surface area (Å²) in [6, 6.07) is 9.31. The molecule has 6 atom stereocenters. The second kappa shape index (κ2) is 7.79. The Morgan fingerprint density at radius 2 is 1.21 bits per heavy atom. The van der Waals surface area contributed by atoms with Gasteiger partial charge in [-0.05, 0) is 105 Å². The second-order valence-corrected chi connectivity index (χ2v) is 10.2. The van der Waals surface area contributed by atoms with Crippen LogP contribution in [-0.2, 0) is 0 Å². The third-order valence-corrected chi connectivity index (χ3v) is 7.93. The number of fused-ring (bicyclic) bond motifs is 4. The molecule has 28 heavy (non-hydrogen) atoms. The Kier molecular flexibility index (Phi) is 5.18. The van der Waals surface area contributed by atoms with E-state index >= 15 is 0 Å². The molecular weight excluding hydrogens is 384 g/mol. The first-order valence-electron chi connectivity index (χ1n) is 10.9. The van der Waals surface area contributed by atoms with Crippen LogP contribution in [0, 0.1) is 23.7 Å². The Hall–Kier alpha value is -1.40. The molecule has 0 aromatic heterocycles. The summed E-state index contributed by atoms with van der Waals surface area (Å²) in [6.07, 6.45) is 10.8. The van der Waals surface area contributed by atoms with Gasteiger partial charge in [-0.2, -0.15) is 0 Å². The lowest BCUT2D eigenvalue weighted by Crippen LogP contribution is -2.41. The van der Waals surface area contributed by atoms with E-state index in [1.807, 2.05) is 18.2 Å². The van der Waals surface area contributed by atoms with Gasteiger partial charge in [0.15, 0.2) is 10.2 Å². The van der Waals surface area contributed by atoms with E-state index < -0.39 is 0 Å². The topological polar surface area (TPSA) is 48.1 Å². The maximum atomic E-state index is 5.56. The van der Waals surface area contributed by atoms with Crippen molar-refractivity contribution >= 4 is 46.0 Å². The molecule has 1 aromatic carbocycles. The fourth-order valence-electron chi connectivity index (χ4n) is 6.19. The van der Waals surface area contributed by atoms with Crippen molar-refractivity contribution in [2.45, 2.75) is 63.5 Å². The van der Waals surface area contributed by atoms with Gasteiger partial charge in [-0.3, -0.25) is 0 Å². The van der Waals surface area contributed by atoms with Crippen molar-refractivity contribution in [1.29, 1.82) is 0 Å². The van der Waals surface area contributed by atoms with Crippen LogP contribution < -0.4 is 21.3 Å². The molecule has 4 saturated carbocycles. The van der Waals surface area contributed by atoms with Crippen molar-refractivity contribution in [3.05, 3.63) is 24.3 Å². The van der Waals surface area contributed by atoms with Crippen molar-refractivity contribution < 1.29 is 0 Å². The monoisotopic (exact) mass is 414 g/mol. The van der Waals surface area contributed by atoms with Crippen LogP contribution in [0.25, 0.3) is 0 Å². The third kappa shape index (κ3) is 3.99. The highest BCUT2D eigenvalue weighted by molar-refractivity contribution is 7.80. The molecule has 4 fully saturated rings. The zero-order chi connectivity index (χ0) is 19.1. The van der Waals surface area contributed by atoms with E-state index in [-0.39, 0.29) is 0 Å². The third-order valence-electron chi connectivity index (χ3n) is 7.49. The van der Waals surface area contributed by atoms with E-state index in [0.29, 0.717) is 12.1 Å². The van der Waals surface area contributed by atoms with Crippen LogP contribution >= 0.6 is 24.4 Å². The van der Waals surface area contributed by atoms with Crippen molar-refractivity contribution in [3.8, 4) is 0 Å². The number of hydrogen-bond donors (Lipinski definition) is 4. The van der Waals surface area contributed by atoms with Crippen LogP contribution in [-0.4, -0.2) is 22.3 Å². The molecule has 0 saturated heterocycles. The lowest BCUT2D eigenvalue weighted by molar-refractivity contribution is 0.392. The Labute approximate surface area is 178 Å². The summed E-state index contributed by atoms with van der Waals surface area (Å²) in [4.78, 5) is 0. The van der Waals surface area contributed by atoms with Gasteiger partial charge in [0.05, 0.1) is 0 Å². The lowest BCUT2D eigenvalue weighted by atomic mass is 9.95. The largest absolute Gasteiger partial charge is 0.359 e. The Morgan fingerprint density at radius 3 is 1.61 bits per heavy atom. The van der Waals surface area contributed by atoms with Gasteiger partial charge in [0.2, 0.25) is 0 Å². The summed E-state index contributed by atoms with van der Waals surface area (Å²) in [7, 11) is 0. The number of benzene rings is 1.